The molecule has 5 N–H and O–H groups in total. The molecule has 2 atom stereocenters. The van der Waals surface area contributed by atoms with Crippen LogP contribution in [0.15, 0.2) is 96.5 Å². The molecule has 2 amide bonds. The molecule has 254 valence electrons. The molecule has 0 aliphatic carbocycles. The summed E-state index contributed by atoms with van der Waals surface area (Å²) in [5.41, 5.74) is 2.72. The van der Waals surface area contributed by atoms with Crippen LogP contribution in [0.2, 0.25) is 0 Å². The predicted octanol–water partition coefficient (Wildman–Crippen LogP) is 6.09. The van der Waals surface area contributed by atoms with E-state index in [1.807, 2.05) is 90.3 Å². The summed E-state index contributed by atoms with van der Waals surface area (Å²) in [5.74, 6) is -3.63. The van der Waals surface area contributed by atoms with Gasteiger partial charge in [0.15, 0.2) is 0 Å². The fourth-order valence-corrected chi connectivity index (χ4v) is 5.19. The topological polar surface area (TPSA) is 158 Å². The Morgan fingerprint density at radius 3 is 2.06 bits per heavy atom. The lowest BCUT2D eigenvalue weighted by Crippen LogP contribution is -2.49. The summed E-state index contributed by atoms with van der Waals surface area (Å²) >= 11 is 1.50. The molecule has 10 nitrogen and oxygen atoms in total. The molecule has 0 bridgehead atoms. The zero-order valence-electron chi connectivity index (χ0n) is 25.7. The van der Waals surface area contributed by atoms with Crippen molar-refractivity contribution < 1.29 is 42.6 Å². The number of rotatable bonds is 15. The normalized spacial score (nSPS) is 12.1. The van der Waals surface area contributed by atoms with E-state index in [9.17, 15) is 32.7 Å². The summed E-state index contributed by atoms with van der Waals surface area (Å²) < 4.78 is 31.7. The lowest BCUT2D eigenvalue weighted by Gasteiger charge is -2.23. The van der Waals surface area contributed by atoms with Crippen LogP contribution in [0.4, 0.5) is 19.0 Å². The Kier molecular flexibility index (Phi) is 14.6. The molecule has 0 spiro atoms. The van der Waals surface area contributed by atoms with Gasteiger partial charge in [-0.15, -0.1) is 11.3 Å². The fourth-order valence-electron chi connectivity index (χ4n) is 4.44. The van der Waals surface area contributed by atoms with Crippen LogP contribution in [0.5, 0.6) is 0 Å². The Bertz CT molecular complexity index is 1590. The van der Waals surface area contributed by atoms with Gasteiger partial charge in [0.1, 0.15) is 11.9 Å². The highest BCUT2D eigenvalue weighted by Crippen LogP contribution is 2.24. The number of aliphatic carboxylic acids is 2. The maximum absolute atomic E-state index is 13.5. The number of carbonyl (C=O) groups excluding carboxylic acids is 2. The first kappa shape index (κ1) is 37.2. The number of nitrogens with one attached hydrogen (secondary N) is 3. The number of unbranched alkanes of at least 4 members (excludes halogenated alkanes) is 1. The summed E-state index contributed by atoms with van der Waals surface area (Å²) in [6, 6.07) is 25.2. The average Bonchev–Trinajstić information content (AvgIpc) is 3.58. The Morgan fingerprint density at radius 1 is 0.812 bits per heavy atom. The molecule has 2 aromatic heterocycles. The minimum absolute atomic E-state index is 0.221. The van der Waals surface area contributed by atoms with E-state index in [1.54, 1.807) is 6.20 Å². The number of anilines is 1. The van der Waals surface area contributed by atoms with Crippen LogP contribution >= 0.6 is 11.3 Å². The average molecular weight is 685 g/mol. The van der Waals surface area contributed by atoms with Crippen LogP contribution in [-0.2, 0) is 25.6 Å². The number of thiophene rings is 1. The second kappa shape index (κ2) is 18.8. The van der Waals surface area contributed by atoms with E-state index in [-0.39, 0.29) is 18.7 Å². The summed E-state index contributed by atoms with van der Waals surface area (Å²) in [5, 5.41) is 27.6. The minimum atomic E-state index is -5.08. The van der Waals surface area contributed by atoms with Gasteiger partial charge in [0.2, 0.25) is 11.8 Å². The Hall–Kier alpha value is -5.24. The molecule has 0 fully saturated rings. The van der Waals surface area contributed by atoms with Crippen molar-refractivity contribution in [2.45, 2.75) is 50.4 Å². The second-order valence-corrected chi connectivity index (χ2v) is 11.5. The number of carboxylic acids is 2. The number of hydrogen-bond donors (Lipinski definition) is 5. The maximum Gasteiger partial charge on any atom is 0.490 e. The van der Waals surface area contributed by atoms with Gasteiger partial charge >= 0.3 is 18.1 Å². The molecular formula is C34H35F3N4O6S. The molecule has 48 heavy (non-hydrogen) atoms. The largest absolute Gasteiger partial charge is 0.490 e. The van der Waals surface area contributed by atoms with Crippen LogP contribution in [0.1, 0.15) is 42.2 Å². The van der Waals surface area contributed by atoms with Gasteiger partial charge in [0.05, 0.1) is 12.5 Å². The molecule has 4 aromatic rings. The van der Waals surface area contributed by atoms with E-state index in [1.165, 1.54) is 11.3 Å². The van der Waals surface area contributed by atoms with Crippen molar-refractivity contribution in [1.82, 2.24) is 15.6 Å². The number of carbonyl (C=O) groups is 4. The van der Waals surface area contributed by atoms with Crippen molar-refractivity contribution in [2.75, 3.05) is 11.9 Å². The standard InChI is InChI=1S/C32H34N4O4S.C2HF3O2/c37-30(13-5-7-19-34-29-12-4-6-18-33-29)35-28(21-26-11-8-20-41-26)32(40)36-27(22-31(38)39)25-16-14-24(15-17-25)23-9-2-1-3-10-23;3-2(4,5)1(6)7/h1-4,6,8-12,14-18,20,27-28H,5,7,13,19,21-22H2,(H,33,34)(H,35,37)(H,36,40)(H,38,39);(H,6,7)/t27?,28-;/m0./s1. The van der Waals surface area contributed by atoms with Crippen LogP contribution in [0, 0.1) is 0 Å². The predicted molar refractivity (Wildman–Crippen MR) is 175 cm³/mol. The van der Waals surface area contributed by atoms with Gasteiger partial charge in [0.25, 0.3) is 0 Å². The smallest absolute Gasteiger partial charge is 0.481 e. The highest BCUT2D eigenvalue weighted by atomic mass is 32.1. The Labute approximate surface area is 279 Å². The van der Waals surface area contributed by atoms with Gasteiger partial charge in [-0.1, -0.05) is 66.7 Å². The monoisotopic (exact) mass is 684 g/mol. The van der Waals surface area contributed by atoms with Gasteiger partial charge in [-0.2, -0.15) is 13.2 Å². The number of amides is 2. The van der Waals surface area contributed by atoms with Gasteiger partial charge in [0, 0.05) is 30.5 Å². The maximum atomic E-state index is 13.5. The highest BCUT2D eigenvalue weighted by molar-refractivity contribution is 7.09. The molecule has 0 saturated carbocycles. The Morgan fingerprint density at radius 2 is 1.48 bits per heavy atom. The van der Waals surface area contributed by atoms with E-state index in [4.69, 9.17) is 9.90 Å². The number of alkyl halides is 3. The molecule has 0 aliphatic heterocycles. The quantitative estimate of drug-likeness (QED) is 0.0943. The van der Waals surface area contributed by atoms with E-state index < -0.39 is 36.1 Å². The molecule has 2 heterocycles. The van der Waals surface area contributed by atoms with Crippen molar-refractivity contribution >= 4 is 40.9 Å². The number of halogens is 3. The first-order chi connectivity index (χ1) is 22.9. The third-order valence-corrected chi connectivity index (χ3v) is 7.70. The van der Waals surface area contributed by atoms with Crippen molar-refractivity contribution in [3.63, 3.8) is 0 Å². The van der Waals surface area contributed by atoms with Crippen LogP contribution < -0.4 is 16.0 Å². The molecule has 1 unspecified atom stereocenters. The number of carboxylic acid groups (broad SMARTS) is 2. The third-order valence-electron chi connectivity index (χ3n) is 6.80. The van der Waals surface area contributed by atoms with Gasteiger partial charge in [-0.05, 0) is 53.1 Å². The molecule has 14 heteroatoms. The van der Waals surface area contributed by atoms with Crippen LogP contribution in [-0.4, -0.2) is 57.7 Å². The number of aromatic nitrogens is 1. The van der Waals surface area contributed by atoms with Crippen molar-refractivity contribution in [1.29, 1.82) is 0 Å². The molecule has 2 aromatic carbocycles. The summed E-state index contributed by atoms with van der Waals surface area (Å²) in [4.78, 5) is 52.0. The number of benzene rings is 2. The van der Waals surface area contributed by atoms with Crippen LogP contribution in [0.3, 0.4) is 0 Å². The Balaban J connectivity index is 0.000000804. The first-order valence-electron chi connectivity index (χ1n) is 14.9. The van der Waals surface area contributed by atoms with Crippen molar-refractivity contribution in [2.24, 2.45) is 0 Å². The molecule has 0 aliphatic rings. The molecule has 0 saturated heterocycles. The lowest BCUT2D eigenvalue weighted by atomic mass is 9.98. The first-order valence-corrected chi connectivity index (χ1v) is 15.7. The SMILES string of the molecule is O=C(O)C(F)(F)F.O=C(O)CC(NC(=O)[C@H](Cc1cccs1)NC(=O)CCCCNc1ccccn1)c1ccc(-c2ccccc2)cc1. The second-order valence-electron chi connectivity index (χ2n) is 10.5. The summed E-state index contributed by atoms with van der Waals surface area (Å²) in [6.45, 7) is 0.684. The van der Waals surface area contributed by atoms with Crippen molar-refractivity contribution in [3.8, 4) is 11.1 Å². The van der Waals surface area contributed by atoms with Crippen LogP contribution in [0.25, 0.3) is 11.1 Å². The van der Waals surface area contributed by atoms with E-state index >= 15 is 0 Å². The van der Waals surface area contributed by atoms with Crippen molar-refractivity contribution in [3.05, 3.63) is 107 Å². The highest BCUT2D eigenvalue weighted by Gasteiger charge is 2.38. The van der Waals surface area contributed by atoms with Gasteiger partial charge < -0.3 is 26.2 Å². The molecule has 4 rings (SSSR count). The zero-order valence-corrected chi connectivity index (χ0v) is 26.5. The van der Waals surface area contributed by atoms with E-state index in [0.717, 1.165) is 28.2 Å². The van der Waals surface area contributed by atoms with Gasteiger partial charge in [-0.3, -0.25) is 14.4 Å². The minimum Gasteiger partial charge on any atom is -0.481 e. The van der Waals surface area contributed by atoms with Gasteiger partial charge in [-0.25, -0.2) is 9.78 Å². The lowest BCUT2D eigenvalue weighted by molar-refractivity contribution is -0.192. The summed E-state index contributed by atoms with van der Waals surface area (Å²) in [6.07, 6.45) is -1.63. The fraction of sp³-hybridized carbons (Fsp3) is 0.265. The van der Waals surface area contributed by atoms with E-state index in [2.05, 4.69) is 20.9 Å². The molecule has 0 radical (unpaired) electrons. The number of pyridine rings is 1. The number of hydrogen-bond acceptors (Lipinski definition) is 7. The summed E-state index contributed by atoms with van der Waals surface area (Å²) in [7, 11) is 0. The number of nitrogens with zero attached hydrogens (tertiary/aromatic N) is 1. The molecular weight excluding hydrogens is 649 g/mol. The zero-order chi connectivity index (χ0) is 34.9. The third kappa shape index (κ3) is 13.2. The van der Waals surface area contributed by atoms with E-state index in [0.29, 0.717) is 24.9 Å².